The molecule has 3 aromatic rings. The topological polar surface area (TPSA) is 66.4 Å². The van der Waals surface area contributed by atoms with E-state index in [1.807, 2.05) is 48.5 Å². The van der Waals surface area contributed by atoms with Gasteiger partial charge in [-0.05, 0) is 23.3 Å². The lowest BCUT2D eigenvalue weighted by Crippen LogP contribution is -2.22. The highest BCUT2D eigenvalue weighted by atomic mass is 35.5. The van der Waals surface area contributed by atoms with Crippen molar-refractivity contribution in [2.24, 2.45) is 0 Å². The Morgan fingerprint density at radius 1 is 1.15 bits per heavy atom. The first-order chi connectivity index (χ1) is 12.5. The molecule has 0 aliphatic carbocycles. The number of hydrogen-bond acceptors (Lipinski definition) is 3. The molecule has 0 bridgehead atoms. The highest BCUT2D eigenvalue weighted by Gasteiger charge is 2.34. The Kier molecular flexibility index (Phi) is 4.26. The first kappa shape index (κ1) is 16.8. The maximum Gasteiger partial charge on any atom is 0.346 e. The molecular formula is C20H14ClNO3S. The van der Waals surface area contributed by atoms with Crippen LogP contribution in [0.1, 0.15) is 32.5 Å². The van der Waals surface area contributed by atoms with E-state index in [0.29, 0.717) is 16.3 Å². The van der Waals surface area contributed by atoms with Crippen LogP contribution in [-0.4, -0.2) is 17.0 Å². The van der Waals surface area contributed by atoms with E-state index in [1.54, 1.807) is 6.07 Å². The molecule has 0 saturated heterocycles. The van der Waals surface area contributed by atoms with Gasteiger partial charge < -0.3 is 10.4 Å². The fraction of sp³-hybridized carbons (Fsp3) is 0.100. The van der Waals surface area contributed by atoms with Gasteiger partial charge in [-0.15, -0.1) is 11.3 Å². The molecule has 1 amide bonds. The summed E-state index contributed by atoms with van der Waals surface area (Å²) >= 11 is 7.34. The maximum atomic E-state index is 12.4. The van der Waals surface area contributed by atoms with Gasteiger partial charge in [-0.2, -0.15) is 0 Å². The molecule has 1 aliphatic heterocycles. The number of carboxylic acid groups (broad SMARTS) is 1. The van der Waals surface area contributed by atoms with Gasteiger partial charge in [-0.1, -0.05) is 54.1 Å². The normalized spacial score (nSPS) is 16.0. The van der Waals surface area contributed by atoms with Gasteiger partial charge in [0.15, 0.2) is 0 Å². The van der Waals surface area contributed by atoms with E-state index in [1.165, 1.54) is 11.3 Å². The molecule has 1 unspecified atom stereocenters. The van der Waals surface area contributed by atoms with E-state index in [2.05, 4.69) is 5.32 Å². The summed E-state index contributed by atoms with van der Waals surface area (Å²) < 4.78 is 0. The molecule has 0 saturated carbocycles. The number of carbonyl (C=O) groups is 2. The lowest BCUT2D eigenvalue weighted by atomic mass is 9.89. The molecule has 4 rings (SSSR count). The second-order valence-corrected chi connectivity index (χ2v) is 7.57. The van der Waals surface area contributed by atoms with Gasteiger partial charge in [0.05, 0.1) is 5.69 Å². The molecule has 0 radical (unpaired) electrons. The van der Waals surface area contributed by atoms with Crippen molar-refractivity contribution in [3.05, 3.63) is 74.9 Å². The van der Waals surface area contributed by atoms with E-state index >= 15 is 0 Å². The zero-order chi connectivity index (χ0) is 18.3. The Bertz CT molecular complexity index is 1010. The van der Waals surface area contributed by atoms with Gasteiger partial charge in [0, 0.05) is 27.8 Å². The number of rotatable bonds is 3. The number of halogens is 1. The minimum Gasteiger partial charge on any atom is -0.477 e. The van der Waals surface area contributed by atoms with Crippen LogP contribution in [-0.2, 0) is 4.79 Å². The first-order valence-corrected chi connectivity index (χ1v) is 9.24. The molecular weight excluding hydrogens is 370 g/mol. The van der Waals surface area contributed by atoms with E-state index in [0.717, 1.165) is 16.0 Å². The van der Waals surface area contributed by atoms with Gasteiger partial charge in [-0.25, -0.2) is 4.79 Å². The largest absolute Gasteiger partial charge is 0.477 e. The van der Waals surface area contributed by atoms with Gasteiger partial charge in [-0.3, -0.25) is 4.79 Å². The van der Waals surface area contributed by atoms with Crippen LogP contribution in [0.3, 0.4) is 0 Å². The Balaban J connectivity index is 1.95. The molecule has 2 aromatic carbocycles. The Hall–Kier alpha value is -2.63. The lowest BCUT2D eigenvalue weighted by molar-refractivity contribution is -0.116. The quantitative estimate of drug-likeness (QED) is 0.649. The zero-order valence-corrected chi connectivity index (χ0v) is 15.1. The highest BCUT2D eigenvalue weighted by Crippen LogP contribution is 2.49. The summed E-state index contributed by atoms with van der Waals surface area (Å²) in [6.45, 7) is 0. The summed E-state index contributed by atoms with van der Waals surface area (Å²) in [6.07, 6.45) is 0.265. The molecule has 4 nitrogen and oxygen atoms in total. The monoisotopic (exact) mass is 383 g/mol. The second-order valence-electron chi connectivity index (χ2n) is 6.08. The third-order valence-corrected chi connectivity index (χ3v) is 5.94. The number of amides is 1. The van der Waals surface area contributed by atoms with Crippen LogP contribution in [0.5, 0.6) is 0 Å². The SMILES string of the molecule is O=C1CC(c2cccc(Cl)c2)c2sc(C(=O)O)c(-c3ccccc3)c2N1. The summed E-state index contributed by atoms with van der Waals surface area (Å²) in [5.41, 5.74) is 2.85. The minimum atomic E-state index is -0.998. The van der Waals surface area contributed by atoms with Gasteiger partial charge in [0.2, 0.25) is 5.91 Å². The van der Waals surface area contributed by atoms with Crippen molar-refractivity contribution < 1.29 is 14.7 Å². The predicted octanol–water partition coefficient (Wildman–Crippen LogP) is 5.24. The summed E-state index contributed by atoms with van der Waals surface area (Å²) in [4.78, 5) is 25.3. The standard InChI is InChI=1S/C20H14ClNO3S/c21-13-8-4-7-12(9-13)14-10-15(23)22-17-16(11-5-2-1-3-6-11)19(20(24)25)26-18(14)17/h1-9,14H,10H2,(H,22,23)(H,24,25). The number of thiophene rings is 1. The van der Waals surface area contributed by atoms with Gasteiger partial charge >= 0.3 is 5.97 Å². The van der Waals surface area contributed by atoms with Crippen molar-refractivity contribution in [1.82, 2.24) is 0 Å². The van der Waals surface area contributed by atoms with Crippen molar-refractivity contribution in [1.29, 1.82) is 0 Å². The smallest absolute Gasteiger partial charge is 0.346 e. The molecule has 2 heterocycles. The van der Waals surface area contributed by atoms with Crippen molar-refractivity contribution in [3.63, 3.8) is 0 Å². The molecule has 0 fully saturated rings. The summed E-state index contributed by atoms with van der Waals surface area (Å²) in [6, 6.07) is 16.6. The molecule has 0 spiro atoms. The van der Waals surface area contributed by atoms with E-state index in [-0.39, 0.29) is 23.1 Å². The first-order valence-electron chi connectivity index (χ1n) is 8.05. The van der Waals surface area contributed by atoms with Gasteiger partial charge in [0.25, 0.3) is 0 Å². The van der Waals surface area contributed by atoms with Crippen molar-refractivity contribution >= 4 is 40.5 Å². The van der Waals surface area contributed by atoms with Crippen molar-refractivity contribution in [2.75, 3.05) is 5.32 Å². The number of carboxylic acids is 1. The van der Waals surface area contributed by atoms with Crippen molar-refractivity contribution in [3.8, 4) is 11.1 Å². The number of aromatic carboxylic acids is 1. The summed E-state index contributed by atoms with van der Waals surface area (Å²) in [7, 11) is 0. The van der Waals surface area contributed by atoms with Crippen LogP contribution in [0.25, 0.3) is 11.1 Å². The van der Waals surface area contributed by atoms with Crippen LogP contribution in [0.2, 0.25) is 5.02 Å². The van der Waals surface area contributed by atoms with E-state index < -0.39 is 5.97 Å². The molecule has 1 aliphatic rings. The third kappa shape index (κ3) is 2.89. The van der Waals surface area contributed by atoms with Crippen LogP contribution in [0.15, 0.2) is 54.6 Å². The Labute approximate surface area is 159 Å². The minimum absolute atomic E-state index is 0.130. The van der Waals surface area contributed by atoms with Crippen molar-refractivity contribution in [2.45, 2.75) is 12.3 Å². The summed E-state index contributed by atoms with van der Waals surface area (Å²) in [5, 5.41) is 13.2. The maximum absolute atomic E-state index is 12.4. The van der Waals surface area contributed by atoms with Crippen LogP contribution >= 0.6 is 22.9 Å². The highest BCUT2D eigenvalue weighted by molar-refractivity contribution is 7.15. The molecule has 1 aromatic heterocycles. The zero-order valence-electron chi connectivity index (χ0n) is 13.5. The molecule has 130 valence electrons. The number of anilines is 1. The van der Waals surface area contributed by atoms with E-state index in [4.69, 9.17) is 11.6 Å². The number of carbonyl (C=O) groups excluding carboxylic acids is 1. The summed E-state index contributed by atoms with van der Waals surface area (Å²) in [5.74, 6) is -1.34. The second kappa shape index (κ2) is 6.59. The molecule has 26 heavy (non-hydrogen) atoms. The predicted molar refractivity (Wildman–Crippen MR) is 103 cm³/mol. The fourth-order valence-electron chi connectivity index (χ4n) is 3.31. The van der Waals surface area contributed by atoms with Crippen LogP contribution < -0.4 is 5.32 Å². The van der Waals surface area contributed by atoms with Crippen LogP contribution in [0, 0.1) is 0 Å². The van der Waals surface area contributed by atoms with Crippen LogP contribution in [0.4, 0.5) is 5.69 Å². The average molecular weight is 384 g/mol. The number of hydrogen-bond donors (Lipinski definition) is 2. The number of fused-ring (bicyclic) bond motifs is 1. The lowest BCUT2D eigenvalue weighted by Gasteiger charge is -2.24. The van der Waals surface area contributed by atoms with E-state index in [9.17, 15) is 14.7 Å². The average Bonchev–Trinajstić information content (AvgIpc) is 3.01. The molecule has 6 heteroatoms. The Morgan fingerprint density at radius 2 is 1.92 bits per heavy atom. The number of nitrogens with one attached hydrogen (secondary N) is 1. The fourth-order valence-corrected chi connectivity index (χ4v) is 4.75. The number of benzene rings is 2. The molecule has 1 atom stereocenters. The third-order valence-electron chi connectivity index (χ3n) is 4.41. The van der Waals surface area contributed by atoms with Gasteiger partial charge in [0.1, 0.15) is 4.88 Å². The Morgan fingerprint density at radius 3 is 2.62 bits per heavy atom. The molecule has 2 N–H and O–H groups in total.